The lowest BCUT2D eigenvalue weighted by atomic mass is 9.68. The van der Waals surface area contributed by atoms with Crippen molar-refractivity contribution < 1.29 is 0 Å². The second kappa shape index (κ2) is 14.3. The second-order valence-electron chi connectivity index (χ2n) is 11.0. The minimum absolute atomic E-state index is 0.727. The lowest BCUT2D eigenvalue weighted by Crippen LogP contribution is -2.25. The second-order valence-corrected chi connectivity index (χ2v) is 11.0. The Morgan fingerprint density at radius 1 is 0.677 bits per heavy atom. The molecule has 1 heteroatoms. The molecule has 1 aromatic heterocycles. The van der Waals surface area contributed by atoms with Crippen molar-refractivity contribution in [3.63, 3.8) is 0 Å². The summed E-state index contributed by atoms with van der Waals surface area (Å²) in [6, 6.07) is 4.72. The first-order valence-electron chi connectivity index (χ1n) is 14.2. The number of unbranched alkanes of at least 4 members (excludes halogenated alkanes) is 7. The number of nitrogens with zero attached hydrogens (tertiary/aromatic N) is 1. The summed E-state index contributed by atoms with van der Waals surface area (Å²) in [7, 11) is 0. The first-order valence-corrected chi connectivity index (χ1v) is 14.2. The lowest BCUT2D eigenvalue weighted by molar-refractivity contribution is 0.155. The molecule has 1 nitrogen and oxygen atoms in total. The van der Waals surface area contributed by atoms with Crippen LogP contribution in [0.1, 0.15) is 147 Å². The van der Waals surface area contributed by atoms with Crippen LogP contribution in [-0.4, -0.2) is 4.98 Å². The molecule has 3 rings (SSSR count). The van der Waals surface area contributed by atoms with E-state index in [9.17, 15) is 0 Å². The van der Waals surface area contributed by atoms with Gasteiger partial charge in [0.1, 0.15) is 0 Å². The summed E-state index contributed by atoms with van der Waals surface area (Å²) in [4.78, 5) is 4.90. The molecule has 0 aromatic carbocycles. The van der Waals surface area contributed by atoms with E-state index in [1.807, 2.05) is 0 Å². The van der Waals surface area contributed by atoms with E-state index < -0.39 is 0 Å². The quantitative estimate of drug-likeness (QED) is 0.287. The molecule has 0 amide bonds. The van der Waals surface area contributed by atoms with Gasteiger partial charge in [-0.15, -0.1) is 0 Å². The van der Waals surface area contributed by atoms with E-state index in [2.05, 4.69) is 32.2 Å². The van der Waals surface area contributed by atoms with Gasteiger partial charge in [-0.25, -0.2) is 0 Å². The van der Waals surface area contributed by atoms with Gasteiger partial charge in [-0.3, -0.25) is 4.98 Å². The highest BCUT2D eigenvalue weighted by atomic mass is 14.7. The van der Waals surface area contributed by atoms with Crippen LogP contribution < -0.4 is 0 Å². The number of hydrogen-bond donors (Lipinski definition) is 0. The minimum Gasteiger partial charge on any atom is -0.261 e. The fourth-order valence-corrected chi connectivity index (χ4v) is 6.45. The summed E-state index contributed by atoms with van der Waals surface area (Å²) in [5.74, 6) is 3.83. The maximum absolute atomic E-state index is 4.90. The zero-order chi connectivity index (χ0) is 21.7. The van der Waals surface area contributed by atoms with Crippen molar-refractivity contribution in [2.24, 2.45) is 17.8 Å². The van der Waals surface area contributed by atoms with E-state index in [1.165, 1.54) is 133 Å². The molecule has 0 spiro atoms. The van der Waals surface area contributed by atoms with Crippen molar-refractivity contribution in [3.05, 3.63) is 29.6 Å². The van der Waals surface area contributed by atoms with Crippen LogP contribution in [0.15, 0.2) is 18.3 Å². The van der Waals surface area contributed by atoms with Crippen molar-refractivity contribution >= 4 is 0 Å². The number of aryl methyl sites for hydroxylation is 1. The maximum atomic E-state index is 4.90. The highest BCUT2D eigenvalue weighted by Gasteiger charge is 2.31. The molecule has 2 fully saturated rings. The van der Waals surface area contributed by atoms with Crippen LogP contribution >= 0.6 is 0 Å². The topological polar surface area (TPSA) is 12.9 Å². The molecule has 1 aromatic rings. The Balaban J connectivity index is 1.32. The van der Waals surface area contributed by atoms with Crippen LogP contribution in [0.3, 0.4) is 0 Å². The molecule has 0 aliphatic heterocycles. The fraction of sp³-hybridized carbons (Fsp3) is 0.833. The lowest BCUT2D eigenvalue weighted by Gasteiger charge is -2.38. The predicted octanol–water partition coefficient (Wildman–Crippen LogP) is 9.65. The van der Waals surface area contributed by atoms with Crippen LogP contribution in [0.5, 0.6) is 0 Å². The third kappa shape index (κ3) is 8.54. The van der Waals surface area contributed by atoms with Gasteiger partial charge in [0, 0.05) is 17.8 Å². The van der Waals surface area contributed by atoms with Crippen LogP contribution in [0.2, 0.25) is 0 Å². The van der Waals surface area contributed by atoms with Gasteiger partial charge in [0.25, 0.3) is 0 Å². The van der Waals surface area contributed by atoms with Gasteiger partial charge in [-0.2, -0.15) is 0 Å². The Morgan fingerprint density at radius 2 is 1.29 bits per heavy atom. The maximum Gasteiger partial charge on any atom is 0.0434 e. The predicted molar refractivity (Wildman–Crippen MR) is 136 cm³/mol. The van der Waals surface area contributed by atoms with Gasteiger partial charge in [0.2, 0.25) is 0 Å². The summed E-state index contributed by atoms with van der Waals surface area (Å²) >= 11 is 0. The van der Waals surface area contributed by atoms with E-state index in [-0.39, 0.29) is 0 Å². The molecule has 2 aliphatic carbocycles. The molecule has 0 atom stereocenters. The highest BCUT2D eigenvalue weighted by molar-refractivity contribution is 5.17. The Bertz CT molecular complexity index is 561. The minimum atomic E-state index is 0.727. The van der Waals surface area contributed by atoms with Crippen molar-refractivity contribution in [1.29, 1.82) is 0 Å². The van der Waals surface area contributed by atoms with Crippen molar-refractivity contribution in [2.75, 3.05) is 0 Å². The van der Waals surface area contributed by atoms with E-state index in [0.717, 1.165) is 23.7 Å². The number of aromatic nitrogens is 1. The van der Waals surface area contributed by atoms with E-state index in [4.69, 9.17) is 4.98 Å². The van der Waals surface area contributed by atoms with E-state index in [0.29, 0.717) is 0 Å². The summed E-state index contributed by atoms with van der Waals surface area (Å²) in [5.41, 5.74) is 2.82. The third-order valence-corrected chi connectivity index (χ3v) is 8.63. The van der Waals surface area contributed by atoms with Gasteiger partial charge in [-0.05, 0) is 80.8 Å². The molecule has 0 radical (unpaired) electrons. The van der Waals surface area contributed by atoms with E-state index >= 15 is 0 Å². The monoisotopic (exact) mass is 425 g/mol. The van der Waals surface area contributed by atoms with Crippen LogP contribution in [0.4, 0.5) is 0 Å². The van der Waals surface area contributed by atoms with Crippen LogP contribution in [0.25, 0.3) is 0 Å². The largest absolute Gasteiger partial charge is 0.261 e. The third-order valence-electron chi connectivity index (χ3n) is 8.63. The standard InChI is InChI=1S/C30H51N/c1-3-5-7-9-11-12-25-14-17-27(18-15-25)28-19-21-29(22-20-28)30-23-16-26(24-31-30)13-10-8-6-4-2/h16,23-25,27-29H,3-15,17-22H2,1-2H3/t25-,27-,28?,29?. The Morgan fingerprint density at radius 3 is 1.90 bits per heavy atom. The zero-order valence-electron chi connectivity index (χ0n) is 20.9. The molecule has 2 aliphatic rings. The number of rotatable bonds is 13. The molecular formula is C30H51N. The van der Waals surface area contributed by atoms with E-state index in [1.54, 1.807) is 0 Å². The summed E-state index contributed by atoms with van der Waals surface area (Å²) < 4.78 is 0. The van der Waals surface area contributed by atoms with Crippen molar-refractivity contribution in [1.82, 2.24) is 4.98 Å². The average molecular weight is 426 g/mol. The Hall–Kier alpha value is -0.850. The average Bonchev–Trinajstić information content (AvgIpc) is 2.83. The first-order chi connectivity index (χ1) is 15.3. The molecular weight excluding hydrogens is 374 g/mol. The first kappa shape index (κ1) is 24.8. The summed E-state index contributed by atoms with van der Waals surface area (Å²) in [5, 5.41) is 0. The smallest absolute Gasteiger partial charge is 0.0434 e. The van der Waals surface area contributed by atoms with Gasteiger partial charge in [0.05, 0.1) is 0 Å². The molecule has 2 saturated carbocycles. The Labute approximate surface area is 194 Å². The molecule has 176 valence electrons. The molecule has 0 bridgehead atoms. The molecule has 1 heterocycles. The molecule has 0 saturated heterocycles. The van der Waals surface area contributed by atoms with Crippen LogP contribution in [-0.2, 0) is 6.42 Å². The zero-order valence-corrected chi connectivity index (χ0v) is 20.9. The Kier molecular flexibility index (Phi) is 11.5. The van der Waals surface area contributed by atoms with Gasteiger partial charge < -0.3 is 0 Å². The molecule has 31 heavy (non-hydrogen) atoms. The summed E-state index contributed by atoms with van der Waals surface area (Å²) in [6.07, 6.45) is 29.3. The highest BCUT2D eigenvalue weighted by Crippen LogP contribution is 2.44. The number of hydrogen-bond acceptors (Lipinski definition) is 1. The fourth-order valence-electron chi connectivity index (χ4n) is 6.45. The normalized spacial score (nSPS) is 26.8. The van der Waals surface area contributed by atoms with Crippen LogP contribution in [0, 0.1) is 17.8 Å². The van der Waals surface area contributed by atoms with Gasteiger partial charge >= 0.3 is 0 Å². The van der Waals surface area contributed by atoms with Gasteiger partial charge in [-0.1, -0.05) is 90.5 Å². The summed E-state index contributed by atoms with van der Waals surface area (Å²) in [6.45, 7) is 4.60. The number of pyridine rings is 1. The SMILES string of the molecule is CCCCCCC[C@H]1CC[C@H](C2CCC(c3ccc(CCCCCC)cn3)CC2)CC1. The van der Waals surface area contributed by atoms with Crippen molar-refractivity contribution in [2.45, 2.75) is 142 Å². The molecule has 0 unspecified atom stereocenters. The van der Waals surface area contributed by atoms with Crippen molar-refractivity contribution in [3.8, 4) is 0 Å². The van der Waals surface area contributed by atoms with Gasteiger partial charge in [0.15, 0.2) is 0 Å². The molecule has 0 N–H and O–H groups in total.